The molecule has 0 saturated carbocycles. The lowest BCUT2D eigenvalue weighted by atomic mass is 10.2. The van der Waals surface area contributed by atoms with Crippen LogP contribution in [0, 0.1) is 23.3 Å². The number of benzene rings is 3. The number of carbonyl (C=O) groups is 2. The van der Waals surface area contributed by atoms with Gasteiger partial charge in [0.2, 0.25) is 34.8 Å². The zero-order chi connectivity index (χ0) is 33.6. The third-order valence-corrected chi connectivity index (χ3v) is 6.66. The van der Waals surface area contributed by atoms with Crippen molar-refractivity contribution in [2.75, 3.05) is 81.0 Å². The Morgan fingerprint density at radius 1 is 0.500 bits per heavy atom. The van der Waals surface area contributed by atoms with Gasteiger partial charge in [-0.05, 0) is 48.5 Å². The first-order chi connectivity index (χ1) is 22.2. The van der Waals surface area contributed by atoms with Gasteiger partial charge in [0, 0.05) is 65.7 Å². The summed E-state index contributed by atoms with van der Waals surface area (Å²) in [5.41, 5.74) is 0.457. The average molecular weight is 653 g/mol. The van der Waals surface area contributed by atoms with Gasteiger partial charge in [-0.25, -0.2) is 0 Å². The number of rotatable bonds is 18. The van der Waals surface area contributed by atoms with Crippen LogP contribution in [0.15, 0.2) is 48.5 Å². The Morgan fingerprint density at radius 3 is 1.00 bits per heavy atom. The van der Waals surface area contributed by atoms with E-state index in [0.29, 0.717) is 52.6 Å². The summed E-state index contributed by atoms with van der Waals surface area (Å²) in [6, 6.07) is 10.3. The van der Waals surface area contributed by atoms with Crippen LogP contribution >= 0.6 is 0 Å². The Morgan fingerprint density at radius 2 is 0.761 bits per heavy atom. The molecule has 0 aromatic heterocycles. The van der Waals surface area contributed by atoms with E-state index in [4.69, 9.17) is 28.4 Å². The fraction of sp³-hybridized carbons (Fsp3) is 0.375. The summed E-state index contributed by atoms with van der Waals surface area (Å²) < 4.78 is 90.3. The Balaban J connectivity index is 1.76. The molecule has 0 saturated heterocycles. The molecule has 10 nitrogen and oxygen atoms in total. The summed E-state index contributed by atoms with van der Waals surface area (Å²) in [5.74, 6) is -11.1. The first-order valence-electron chi connectivity index (χ1n) is 14.1. The van der Waals surface area contributed by atoms with Gasteiger partial charge in [-0.3, -0.25) is 9.59 Å². The largest absolute Gasteiger partial charge is 0.451 e. The molecular weight excluding hydrogens is 616 g/mol. The van der Waals surface area contributed by atoms with Crippen LogP contribution in [0.2, 0.25) is 0 Å². The molecule has 3 aromatic rings. The van der Waals surface area contributed by atoms with Crippen LogP contribution in [0.1, 0.15) is 20.7 Å². The molecule has 0 heterocycles. The number of hydrogen-bond donors (Lipinski definition) is 0. The molecule has 0 aliphatic rings. The highest BCUT2D eigenvalue weighted by molar-refractivity contribution is 5.95. The van der Waals surface area contributed by atoms with E-state index in [9.17, 15) is 27.2 Å². The molecule has 0 fully saturated rings. The maximum Gasteiger partial charge on any atom is 0.254 e. The van der Waals surface area contributed by atoms with Crippen molar-refractivity contribution >= 4 is 11.8 Å². The molecule has 14 heteroatoms. The second-order valence-corrected chi connectivity index (χ2v) is 9.72. The van der Waals surface area contributed by atoms with Gasteiger partial charge in [0.05, 0.1) is 26.4 Å². The van der Waals surface area contributed by atoms with Crippen LogP contribution in [-0.4, -0.2) is 103 Å². The van der Waals surface area contributed by atoms with Crippen LogP contribution in [-0.2, 0) is 18.9 Å². The molecular formula is C32H36F4N2O8. The smallest absolute Gasteiger partial charge is 0.254 e. The summed E-state index contributed by atoms with van der Waals surface area (Å²) in [6.07, 6.45) is 0. The highest BCUT2D eigenvalue weighted by atomic mass is 19.2. The molecule has 3 aromatic carbocycles. The van der Waals surface area contributed by atoms with Gasteiger partial charge < -0.3 is 38.2 Å². The maximum absolute atomic E-state index is 15.0. The molecule has 0 aliphatic carbocycles. The zero-order valence-corrected chi connectivity index (χ0v) is 25.9. The predicted molar refractivity (Wildman–Crippen MR) is 159 cm³/mol. The molecule has 0 N–H and O–H groups in total. The zero-order valence-electron chi connectivity index (χ0n) is 25.9. The van der Waals surface area contributed by atoms with Crippen LogP contribution < -0.4 is 9.47 Å². The number of amides is 2. The molecule has 0 aliphatic heterocycles. The van der Waals surface area contributed by atoms with Crippen molar-refractivity contribution in [3.63, 3.8) is 0 Å². The van der Waals surface area contributed by atoms with Gasteiger partial charge in [-0.15, -0.1) is 0 Å². The second-order valence-electron chi connectivity index (χ2n) is 9.72. The van der Waals surface area contributed by atoms with E-state index in [0.717, 1.165) is 0 Å². The van der Waals surface area contributed by atoms with Gasteiger partial charge in [-0.1, -0.05) is 0 Å². The standard InChI is InChI=1S/C32H36F4N2O8/c1-41-17-13-37(14-18-42-2)31(39)21-5-9-23(10-6-21)45-29-25(33)27(35)30(28(36)26(29)34)46-24-11-7-22(8-12-24)32(40)38(15-19-43-3)16-20-44-4/h5-12H,13-20H2,1-4H3. The minimum Gasteiger partial charge on any atom is -0.451 e. The molecule has 3 rings (SSSR count). The molecule has 0 spiro atoms. The number of methoxy groups -OCH3 is 4. The molecule has 0 atom stereocenters. The monoisotopic (exact) mass is 652 g/mol. The van der Waals surface area contributed by atoms with Crippen molar-refractivity contribution in [3.05, 3.63) is 82.9 Å². The Hall–Kier alpha value is -4.24. The van der Waals surface area contributed by atoms with Crippen molar-refractivity contribution in [1.29, 1.82) is 0 Å². The number of nitrogens with zero attached hydrogens (tertiary/aromatic N) is 2. The average Bonchev–Trinajstić information content (AvgIpc) is 3.08. The van der Waals surface area contributed by atoms with E-state index < -0.39 is 34.8 Å². The van der Waals surface area contributed by atoms with Crippen molar-refractivity contribution in [2.24, 2.45) is 0 Å². The van der Waals surface area contributed by atoms with Crippen LogP contribution in [0.25, 0.3) is 0 Å². The highest BCUT2D eigenvalue weighted by Crippen LogP contribution is 2.39. The third-order valence-electron chi connectivity index (χ3n) is 6.66. The summed E-state index contributed by atoms with van der Waals surface area (Å²) in [6.45, 7) is 2.35. The molecule has 250 valence electrons. The molecule has 0 bridgehead atoms. The van der Waals surface area contributed by atoms with Gasteiger partial charge in [0.1, 0.15) is 11.5 Å². The van der Waals surface area contributed by atoms with Crippen LogP contribution in [0.3, 0.4) is 0 Å². The molecule has 0 radical (unpaired) electrons. The van der Waals surface area contributed by atoms with E-state index in [1.54, 1.807) is 0 Å². The minimum absolute atomic E-state index is 0.188. The summed E-state index contributed by atoms with van der Waals surface area (Å²) >= 11 is 0. The van der Waals surface area contributed by atoms with Crippen molar-refractivity contribution in [2.45, 2.75) is 0 Å². The predicted octanol–water partition coefficient (Wildman–Crippen LogP) is 5.30. The Bertz CT molecular complexity index is 1290. The normalized spacial score (nSPS) is 11.0. The van der Waals surface area contributed by atoms with Crippen LogP contribution in [0.5, 0.6) is 23.0 Å². The SMILES string of the molecule is COCCN(CCOC)C(=O)c1ccc(Oc2c(F)c(F)c(Oc3ccc(C(=O)N(CCOC)CCOC)cc3)c(F)c2F)cc1. The highest BCUT2D eigenvalue weighted by Gasteiger charge is 2.29. The minimum atomic E-state index is -1.84. The molecule has 2 amide bonds. The molecule has 0 unspecified atom stereocenters. The quantitative estimate of drug-likeness (QED) is 0.135. The van der Waals surface area contributed by atoms with Gasteiger partial charge in [0.25, 0.3) is 11.8 Å². The topological polar surface area (TPSA) is 96.0 Å². The second kappa shape index (κ2) is 18.0. The van der Waals surface area contributed by atoms with E-state index in [2.05, 4.69) is 0 Å². The maximum atomic E-state index is 15.0. The van der Waals surface area contributed by atoms with Gasteiger partial charge in [-0.2, -0.15) is 17.6 Å². The number of carbonyl (C=O) groups excluding carboxylic acids is 2. The Kier molecular flexibility index (Phi) is 14.2. The molecule has 46 heavy (non-hydrogen) atoms. The summed E-state index contributed by atoms with van der Waals surface area (Å²) in [7, 11) is 6.00. The summed E-state index contributed by atoms with van der Waals surface area (Å²) in [4.78, 5) is 28.8. The number of hydrogen-bond acceptors (Lipinski definition) is 8. The fourth-order valence-corrected chi connectivity index (χ4v) is 4.14. The lowest BCUT2D eigenvalue weighted by molar-refractivity contribution is 0.0623. The lowest BCUT2D eigenvalue weighted by Gasteiger charge is -2.22. The number of halogens is 4. The number of ether oxygens (including phenoxy) is 6. The van der Waals surface area contributed by atoms with E-state index >= 15 is 0 Å². The van der Waals surface area contributed by atoms with Gasteiger partial charge in [0.15, 0.2) is 0 Å². The summed E-state index contributed by atoms with van der Waals surface area (Å²) in [5, 5.41) is 0. The van der Waals surface area contributed by atoms with Crippen molar-refractivity contribution in [1.82, 2.24) is 9.80 Å². The van der Waals surface area contributed by atoms with E-state index in [1.165, 1.54) is 86.8 Å². The fourth-order valence-electron chi connectivity index (χ4n) is 4.14. The lowest BCUT2D eigenvalue weighted by Crippen LogP contribution is -2.36. The van der Waals surface area contributed by atoms with E-state index in [1.807, 2.05) is 0 Å². The Labute approximate surface area is 264 Å². The van der Waals surface area contributed by atoms with E-state index in [-0.39, 0.29) is 34.4 Å². The van der Waals surface area contributed by atoms with Crippen molar-refractivity contribution in [3.8, 4) is 23.0 Å². The first kappa shape index (κ1) is 36.2. The van der Waals surface area contributed by atoms with Gasteiger partial charge >= 0.3 is 0 Å². The van der Waals surface area contributed by atoms with Crippen LogP contribution in [0.4, 0.5) is 17.6 Å². The third kappa shape index (κ3) is 9.39. The first-order valence-corrected chi connectivity index (χ1v) is 14.1. The van der Waals surface area contributed by atoms with Crippen molar-refractivity contribution < 1.29 is 55.6 Å².